The fourth-order valence-corrected chi connectivity index (χ4v) is 5.09. The van der Waals surface area contributed by atoms with E-state index < -0.39 is 29.0 Å². The summed E-state index contributed by atoms with van der Waals surface area (Å²) in [5.74, 6) is 1.17. The van der Waals surface area contributed by atoms with Crippen LogP contribution in [0.1, 0.15) is 42.1 Å². The van der Waals surface area contributed by atoms with E-state index in [-0.39, 0.29) is 18.5 Å². The molecular formula is C23H35N5O6S. The van der Waals surface area contributed by atoms with E-state index in [2.05, 4.69) is 15.2 Å². The molecule has 9 N–H and O–H groups in total. The second-order valence-electron chi connectivity index (χ2n) is 8.81. The number of benzene rings is 1. The summed E-state index contributed by atoms with van der Waals surface area (Å²) in [5.41, 5.74) is 13.5. The monoisotopic (exact) mass is 509 g/mol. The van der Waals surface area contributed by atoms with E-state index in [4.69, 9.17) is 20.9 Å². The van der Waals surface area contributed by atoms with Crippen LogP contribution in [0, 0.1) is 6.92 Å². The third kappa shape index (κ3) is 6.58. The molecule has 1 aliphatic rings. The number of H-pyrrole nitrogens is 1. The molecular weight excluding hydrogens is 474 g/mol. The Morgan fingerprint density at radius 3 is 2.57 bits per heavy atom. The minimum absolute atomic E-state index is 0.0240. The number of aliphatic hydroxyl groups excluding tert-OH is 4. The van der Waals surface area contributed by atoms with Gasteiger partial charge in [0.1, 0.15) is 24.6 Å². The van der Waals surface area contributed by atoms with E-state index in [9.17, 15) is 20.4 Å². The number of guanidine groups is 1. The van der Waals surface area contributed by atoms with Gasteiger partial charge in [-0.25, -0.2) is 0 Å². The summed E-state index contributed by atoms with van der Waals surface area (Å²) < 4.78 is 11.7. The number of thioether (sulfide) groups is 1. The molecule has 2 aromatic rings. The molecule has 5 atom stereocenters. The zero-order valence-corrected chi connectivity index (χ0v) is 20.9. The molecule has 0 bridgehead atoms. The lowest BCUT2D eigenvalue weighted by Crippen LogP contribution is -2.55. The molecule has 1 aromatic carbocycles. The summed E-state index contributed by atoms with van der Waals surface area (Å²) in [5, 5.41) is 46.9. The second-order valence-corrected chi connectivity index (χ2v) is 10.2. The van der Waals surface area contributed by atoms with Crippen LogP contribution in [-0.4, -0.2) is 85.3 Å². The van der Waals surface area contributed by atoms with Crippen LogP contribution in [0.2, 0.25) is 0 Å². The Bertz CT molecular complexity index is 1010. The highest BCUT2D eigenvalue weighted by Crippen LogP contribution is 2.37. The minimum Gasteiger partial charge on any atom is -0.492 e. The fraction of sp³-hybridized carbons (Fsp3) is 0.565. The number of ether oxygens (including phenoxy) is 2. The van der Waals surface area contributed by atoms with Crippen molar-refractivity contribution in [1.82, 2.24) is 10.2 Å². The molecule has 1 aliphatic heterocycles. The maximum atomic E-state index is 10.5. The zero-order valence-electron chi connectivity index (χ0n) is 20.1. The zero-order chi connectivity index (χ0) is 25.7. The largest absolute Gasteiger partial charge is 0.492 e. The van der Waals surface area contributed by atoms with Crippen molar-refractivity contribution in [1.29, 1.82) is 0 Å². The van der Waals surface area contributed by atoms with Crippen molar-refractivity contribution in [3.05, 3.63) is 40.6 Å². The van der Waals surface area contributed by atoms with Crippen molar-refractivity contribution in [3.8, 4) is 11.6 Å². The van der Waals surface area contributed by atoms with Gasteiger partial charge in [-0.2, -0.15) is 0 Å². The van der Waals surface area contributed by atoms with Gasteiger partial charge < -0.3 is 41.4 Å². The fourth-order valence-electron chi connectivity index (χ4n) is 3.87. The smallest absolute Gasteiger partial charge is 0.237 e. The van der Waals surface area contributed by atoms with Gasteiger partial charge in [0.25, 0.3) is 0 Å². The van der Waals surface area contributed by atoms with E-state index in [0.717, 1.165) is 34.1 Å². The lowest BCUT2D eigenvalue weighted by Gasteiger charge is -2.38. The lowest BCUT2D eigenvalue weighted by molar-refractivity contribution is -0.0915. The van der Waals surface area contributed by atoms with Gasteiger partial charge in [0.15, 0.2) is 11.4 Å². The highest BCUT2D eigenvalue weighted by molar-refractivity contribution is 8.00. The van der Waals surface area contributed by atoms with Gasteiger partial charge in [0.05, 0.1) is 24.5 Å². The third-order valence-corrected chi connectivity index (χ3v) is 7.27. The number of nitrogens with one attached hydrogen (secondary N) is 1. The van der Waals surface area contributed by atoms with Crippen LogP contribution in [0.5, 0.6) is 11.6 Å². The van der Waals surface area contributed by atoms with Gasteiger partial charge in [0.2, 0.25) is 5.88 Å². The first-order chi connectivity index (χ1) is 16.6. The molecule has 0 amide bonds. The summed E-state index contributed by atoms with van der Waals surface area (Å²) in [4.78, 5) is 3.90. The maximum Gasteiger partial charge on any atom is 0.237 e. The Morgan fingerprint density at radius 1 is 1.20 bits per heavy atom. The molecule has 3 rings (SSSR count). The Morgan fingerprint density at radius 2 is 1.94 bits per heavy atom. The number of rotatable bonds is 10. The highest BCUT2D eigenvalue weighted by Gasteiger charge is 2.44. The summed E-state index contributed by atoms with van der Waals surface area (Å²) in [7, 11) is 0. The van der Waals surface area contributed by atoms with E-state index >= 15 is 0 Å². The van der Waals surface area contributed by atoms with E-state index in [0.29, 0.717) is 31.2 Å². The van der Waals surface area contributed by atoms with Crippen molar-refractivity contribution < 1.29 is 29.9 Å². The quantitative estimate of drug-likeness (QED) is 0.130. The summed E-state index contributed by atoms with van der Waals surface area (Å²) in [6.45, 7) is 6.41. The first-order valence-electron chi connectivity index (χ1n) is 11.4. The first kappa shape index (κ1) is 27.1. The average Bonchev–Trinajstić information content (AvgIpc) is 3.21. The molecule has 35 heavy (non-hydrogen) atoms. The van der Waals surface area contributed by atoms with Gasteiger partial charge in [-0.05, 0) is 36.1 Å². The highest BCUT2D eigenvalue weighted by atomic mass is 32.2. The van der Waals surface area contributed by atoms with Crippen LogP contribution in [0.25, 0.3) is 0 Å². The Kier molecular flexibility index (Phi) is 9.25. The first-order valence-corrected chi connectivity index (χ1v) is 12.4. The molecule has 0 unspecified atom stereocenters. The standard InChI is InChI=1S/C23H35N5O6S/c1-11(2)17-15(9-13-4-5-14(8-12(13)3)33-7-6-26-23(24)25)21(28-27-17)34-22-20(32)19(31)18(30)16(10-29)35-22/h4-5,8,11,16,18-20,22,29-32H,6-7,9-10H2,1-3H3,(H,27,28)(H4,24,25,26)/t16-,18-,19+,20-,22-/m1/s1. The van der Waals surface area contributed by atoms with Gasteiger partial charge in [-0.1, -0.05) is 19.9 Å². The second kappa shape index (κ2) is 12.0. The van der Waals surface area contributed by atoms with Crippen LogP contribution in [-0.2, 0) is 6.42 Å². The van der Waals surface area contributed by atoms with Crippen LogP contribution in [0.15, 0.2) is 23.2 Å². The number of aromatic nitrogens is 2. The molecule has 0 spiro atoms. The predicted molar refractivity (Wildman–Crippen MR) is 134 cm³/mol. The molecule has 11 nitrogen and oxygen atoms in total. The maximum absolute atomic E-state index is 10.5. The molecule has 0 aliphatic carbocycles. The number of aliphatic hydroxyl groups is 4. The molecule has 0 saturated carbocycles. The molecule has 1 fully saturated rings. The number of aryl methyl sites for hydroxylation is 1. The van der Waals surface area contributed by atoms with Crippen LogP contribution >= 0.6 is 11.8 Å². The minimum atomic E-state index is -1.44. The van der Waals surface area contributed by atoms with Gasteiger partial charge in [-0.15, -0.1) is 16.9 Å². The molecule has 12 heteroatoms. The van der Waals surface area contributed by atoms with E-state index in [1.54, 1.807) is 0 Å². The summed E-state index contributed by atoms with van der Waals surface area (Å²) in [6, 6.07) is 5.78. The molecule has 2 heterocycles. The topological polar surface area (TPSA) is 192 Å². The van der Waals surface area contributed by atoms with Crippen molar-refractivity contribution in [2.24, 2.45) is 16.5 Å². The van der Waals surface area contributed by atoms with Crippen molar-refractivity contribution in [2.75, 3.05) is 19.8 Å². The average molecular weight is 510 g/mol. The number of hydrogen-bond acceptors (Lipinski definition) is 9. The van der Waals surface area contributed by atoms with Crippen LogP contribution in [0.3, 0.4) is 0 Å². The van der Waals surface area contributed by atoms with Gasteiger partial charge in [0, 0.05) is 17.7 Å². The Labute approximate surface area is 208 Å². The van der Waals surface area contributed by atoms with Gasteiger partial charge >= 0.3 is 0 Å². The normalized spacial score (nSPS) is 24.4. The van der Waals surface area contributed by atoms with Crippen LogP contribution in [0.4, 0.5) is 0 Å². The van der Waals surface area contributed by atoms with Crippen molar-refractivity contribution >= 4 is 17.7 Å². The van der Waals surface area contributed by atoms with E-state index in [1.807, 2.05) is 39.0 Å². The Balaban J connectivity index is 1.79. The summed E-state index contributed by atoms with van der Waals surface area (Å²) in [6.07, 6.45) is -3.52. The molecule has 194 valence electrons. The molecule has 1 aromatic heterocycles. The predicted octanol–water partition coefficient (Wildman–Crippen LogP) is -0.0202. The SMILES string of the molecule is Cc1cc(OCCN=C(N)N)ccc1Cc1c(O[C@@H]2S[C@H](CO)[C@@H](O)[C@H](O)[C@H]2O)n[nH]c1C(C)C. The number of aliphatic imine (C=N–C) groups is 1. The Hall–Kier alpha value is -2.51. The van der Waals surface area contributed by atoms with E-state index in [1.165, 1.54) is 0 Å². The van der Waals surface area contributed by atoms with Crippen LogP contribution < -0.4 is 20.9 Å². The number of nitrogens with two attached hydrogens (primary N) is 2. The van der Waals surface area contributed by atoms with Gasteiger partial charge in [-0.3, -0.25) is 10.1 Å². The summed E-state index contributed by atoms with van der Waals surface area (Å²) >= 11 is 1.07. The number of hydrogen-bond donors (Lipinski definition) is 7. The van der Waals surface area contributed by atoms with Crippen molar-refractivity contribution in [3.63, 3.8) is 0 Å². The molecule has 1 saturated heterocycles. The lowest BCUT2D eigenvalue weighted by atomic mass is 9.97. The number of nitrogens with zero attached hydrogens (tertiary/aromatic N) is 2. The third-order valence-electron chi connectivity index (χ3n) is 5.85. The van der Waals surface area contributed by atoms with Crippen molar-refractivity contribution in [2.45, 2.75) is 62.1 Å². The number of aromatic amines is 1. The molecule has 0 radical (unpaired) electrons.